The molecule has 0 saturated heterocycles. The van der Waals surface area contributed by atoms with E-state index >= 15 is 0 Å². The molecule has 5 heteroatoms. The Morgan fingerprint density at radius 2 is 2.46 bits per heavy atom. The van der Waals surface area contributed by atoms with E-state index in [1.165, 1.54) is 11.6 Å². The monoisotopic (exact) mass is 212 g/mol. The number of rotatable bonds is 2. The Bertz CT molecular complexity index is 373. The molecule has 0 aliphatic carbocycles. The second kappa shape index (κ2) is 4.75. The molecule has 1 aromatic heterocycles. The molecule has 0 spiro atoms. The smallest absolute Gasteiger partial charge is 0.255 e. The van der Waals surface area contributed by atoms with Crippen molar-refractivity contribution in [2.75, 3.05) is 0 Å². The van der Waals surface area contributed by atoms with E-state index in [0.29, 0.717) is 9.76 Å². The Kier molecular flexibility index (Phi) is 3.62. The number of allylic oxidation sites excluding steroid dienone is 1. The molecule has 66 valence electrons. The summed E-state index contributed by atoms with van der Waals surface area (Å²) < 4.78 is 0.711. The SMILES string of the molecule is N#CC(Cl)=CSc1cccc[n+]1[O-]. The van der Waals surface area contributed by atoms with Gasteiger partial charge in [0.05, 0.1) is 0 Å². The summed E-state index contributed by atoms with van der Waals surface area (Å²) in [5.74, 6) is 0. The van der Waals surface area contributed by atoms with Crippen LogP contribution in [0.2, 0.25) is 0 Å². The largest absolute Gasteiger partial charge is 0.618 e. The Morgan fingerprint density at radius 1 is 1.69 bits per heavy atom. The average Bonchev–Trinajstić information content (AvgIpc) is 2.16. The maximum atomic E-state index is 11.1. The van der Waals surface area contributed by atoms with Crippen molar-refractivity contribution in [3.8, 4) is 6.07 Å². The summed E-state index contributed by atoms with van der Waals surface area (Å²) >= 11 is 6.55. The van der Waals surface area contributed by atoms with E-state index in [4.69, 9.17) is 16.9 Å². The fourth-order valence-corrected chi connectivity index (χ4v) is 1.37. The zero-order valence-corrected chi connectivity index (χ0v) is 8.05. The average molecular weight is 213 g/mol. The van der Waals surface area contributed by atoms with E-state index in [-0.39, 0.29) is 5.03 Å². The molecule has 0 saturated carbocycles. The number of pyridine rings is 1. The summed E-state index contributed by atoms with van der Waals surface area (Å²) in [6.07, 6.45) is 1.39. The van der Waals surface area contributed by atoms with Gasteiger partial charge in [-0.25, -0.2) is 0 Å². The van der Waals surface area contributed by atoms with Crippen molar-refractivity contribution >= 4 is 23.4 Å². The second-order valence-electron chi connectivity index (χ2n) is 2.06. The lowest BCUT2D eigenvalue weighted by Crippen LogP contribution is -2.27. The minimum atomic E-state index is 0.0638. The highest BCUT2D eigenvalue weighted by Crippen LogP contribution is 2.17. The number of hydrogen-bond acceptors (Lipinski definition) is 3. The summed E-state index contributed by atoms with van der Waals surface area (Å²) in [5.41, 5.74) is 0. The molecule has 0 amide bonds. The van der Waals surface area contributed by atoms with Gasteiger partial charge in [-0.3, -0.25) is 0 Å². The molecule has 0 aliphatic rings. The van der Waals surface area contributed by atoms with Gasteiger partial charge in [-0.2, -0.15) is 9.99 Å². The van der Waals surface area contributed by atoms with Crippen molar-refractivity contribution in [1.29, 1.82) is 5.26 Å². The van der Waals surface area contributed by atoms with E-state index in [1.54, 1.807) is 24.3 Å². The van der Waals surface area contributed by atoms with Crippen LogP contribution in [0.4, 0.5) is 0 Å². The van der Waals surface area contributed by atoms with Crippen LogP contribution in [-0.4, -0.2) is 0 Å². The minimum Gasteiger partial charge on any atom is -0.618 e. The van der Waals surface area contributed by atoms with E-state index in [0.717, 1.165) is 11.8 Å². The first-order valence-corrected chi connectivity index (χ1v) is 4.60. The van der Waals surface area contributed by atoms with Crippen molar-refractivity contribution in [2.45, 2.75) is 5.03 Å². The predicted octanol–water partition coefficient (Wildman–Crippen LogP) is 2.02. The van der Waals surface area contributed by atoms with Crippen LogP contribution in [-0.2, 0) is 0 Å². The van der Waals surface area contributed by atoms with Crippen LogP contribution in [0.5, 0.6) is 0 Å². The summed E-state index contributed by atoms with van der Waals surface area (Å²) in [4.78, 5) is 0. The Morgan fingerprint density at radius 3 is 3.08 bits per heavy atom. The van der Waals surface area contributed by atoms with Crippen LogP contribution in [0, 0.1) is 16.5 Å². The molecule has 0 radical (unpaired) electrons. The van der Waals surface area contributed by atoms with Gasteiger partial charge < -0.3 is 5.21 Å². The van der Waals surface area contributed by atoms with Crippen LogP contribution in [0.25, 0.3) is 0 Å². The first kappa shape index (κ1) is 9.90. The standard InChI is InChI=1S/C8H5ClN2OS/c9-7(5-10)6-13-8-3-1-2-4-11(8)12/h1-4,6H. The molecule has 1 aromatic rings. The molecular formula is C8H5ClN2OS. The summed E-state index contributed by atoms with van der Waals surface area (Å²) in [6.45, 7) is 0. The summed E-state index contributed by atoms with van der Waals surface area (Å²) in [6, 6.07) is 6.77. The lowest BCUT2D eigenvalue weighted by Gasteiger charge is -1.98. The molecule has 0 atom stereocenters. The molecule has 0 aromatic carbocycles. The zero-order valence-electron chi connectivity index (χ0n) is 6.48. The third kappa shape index (κ3) is 2.98. The van der Waals surface area contributed by atoms with Gasteiger partial charge in [-0.05, 0) is 17.8 Å². The van der Waals surface area contributed by atoms with Gasteiger partial charge in [0.15, 0.2) is 6.20 Å². The molecule has 0 fully saturated rings. The summed E-state index contributed by atoms with van der Waals surface area (Å²) in [7, 11) is 0. The summed E-state index contributed by atoms with van der Waals surface area (Å²) in [5, 5.41) is 21.4. The Balaban J connectivity index is 2.77. The van der Waals surface area contributed by atoms with Crippen LogP contribution < -0.4 is 4.73 Å². The van der Waals surface area contributed by atoms with Crippen molar-refractivity contribution in [1.82, 2.24) is 0 Å². The Hall–Kier alpha value is -1.18. The number of halogens is 1. The maximum Gasteiger partial charge on any atom is 0.255 e. The normalized spacial score (nSPS) is 10.9. The van der Waals surface area contributed by atoms with E-state index in [9.17, 15) is 5.21 Å². The third-order valence-electron chi connectivity index (χ3n) is 1.18. The van der Waals surface area contributed by atoms with E-state index < -0.39 is 0 Å². The maximum absolute atomic E-state index is 11.1. The highest BCUT2D eigenvalue weighted by atomic mass is 35.5. The fourth-order valence-electron chi connectivity index (χ4n) is 0.642. The zero-order chi connectivity index (χ0) is 9.68. The molecule has 0 bridgehead atoms. The van der Waals surface area contributed by atoms with Gasteiger partial charge in [0, 0.05) is 17.5 Å². The minimum absolute atomic E-state index is 0.0638. The topological polar surface area (TPSA) is 50.7 Å². The van der Waals surface area contributed by atoms with E-state index in [1.807, 2.05) is 0 Å². The highest BCUT2D eigenvalue weighted by molar-refractivity contribution is 8.02. The van der Waals surface area contributed by atoms with Gasteiger partial charge in [0.2, 0.25) is 0 Å². The van der Waals surface area contributed by atoms with Crippen molar-refractivity contribution in [3.05, 3.63) is 40.0 Å². The molecule has 3 nitrogen and oxygen atoms in total. The number of thioether (sulfide) groups is 1. The van der Waals surface area contributed by atoms with Crippen LogP contribution >= 0.6 is 23.4 Å². The molecule has 13 heavy (non-hydrogen) atoms. The number of aromatic nitrogens is 1. The molecule has 0 aliphatic heterocycles. The van der Waals surface area contributed by atoms with Gasteiger partial charge in [0.25, 0.3) is 5.03 Å². The predicted molar refractivity (Wildman–Crippen MR) is 50.8 cm³/mol. The quantitative estimate of drug-likeness (QED) is 0.326. The van der Waals surface area contributed by atoms with Crippen molar-refractivity contribution in [3.63, 3.8) is 0 Å². The molecular weight excluding hydrogens is 208 g/mol. The first-order chi connectivity index (χ1) is 6.24. The first-order valence-electron chi connectivity index (χ1n) is 3.34. The van der Waals surface area contributed by atoms with Crippen LogP contribution in [0.1, 0.15) is 0 Å². The molecule has 1 heterocycles. The van der Waals surface area contributed by atoms with Gasteiger partial charge in [0.1, 0.15) is 11.1 Å². The lowest BCUT2D eigenvalue weighted by atomic mass is 10.5. The van der Waals surface area contributed by atoms with Crippen molar-refractivity contribution < 1.29 is 4.73 Å². The Labute approximate surface area is 84.8 Å². The molecule has 1 rings (SSSR count). The van der Waals surface area contributed by atoms with Gasteiger partial charge in [-0.1, -0.05) is 11.6 Å². The molecule has 0 unspecified atom stereocenters. The number of nitrogens with zero attached hydrogens (tertiary/aromatic N) is 2. The van der Waals surface area contributed by atoms with Crippen LogP contribution in [0.3, 0.4) is 0 Å². The molecule has 0 N–H and O–H groups in total. The lowest BCUT2D eigenvalue weighted by molar-refractivity contribution is -0.645. The number of hydrogen-bond donors (Lipinski definition) is 0. The van der Waals surface area contributed by atoms with Crippen LogP contribution in [0.15, 0.2) is 39.9 Å². The number of nitriles is 1. The van der Waals surface area contributed by atoms with Gasteiger partial charge in [-0.15, -0.1) is 0 Å². The van der Waals surface area contributed by atoms with Gasteiger partial charge >= 0.3 is 0 Å². The fraction of sp³-hybridized carbons (Fsp3) is 0. The third-order valence-corrected chi connectivity index (χ3v) is 2.41. The second-order valence-corrected chi connectivity index (χ2v) is 3.36. The van der Waals surface area contributed by atoms with E-state index in [2.05, 4.69) is 0 Å². The van der Waals surface area contributed by atoms with Crippen molar-refractivity contribution in [2.24, 2.45) is 0 Å². The highest BCUT2D eigenvalue weighted by Gasteiger charge is 2.01.